The molecular formula is C16H14ClNO3S2. The summed E-state index contributed by atoms with van der Waals surface area (Å²) in [5, 5.41) is 1.87. The molecule has 1 aliphatic rings. The van der Waals surface area contributed by atoms with E-state index in [1.807, 2.05) is 17.5 Å². The predicted molar refractivity (Wildman–Crippen MR) is 92.4 cm³/mol. The van der Waals surface area contributed by atoms with Crippen LogP contribution in [-0.2, 0) is 14.6 Å². The molecule has 0 spiro atoms. The fourth-order valence-corrected chi connectivity index (χ4v) is 4.67. The minimum Gasteiger partial charge on any atom is -0.336 e. The quantitative estimate of drug-likeness (QED) is 0.780. The molecule has 1 fully saturated rings. The Morgan fingerprint density at radius 2 is 1.91 bits per heavy atom. The molecule has 2 heterocycles. The summed E-state index contributed by atoms with van der Waals surface area (Å²) in [6, 6.07) is 9.93. The van der Waals surface area contributed by atoms with Gasteiger partial charge in [-0.25, -0.2) is 8.42 Å². The summed E-state index contributed by atoms with van der Waals surface area (Å²) >= 11 is 7.32. The maximum atomic E-state index is 12.4. The van der Waals surface area contributed by atoms with Gasteiger partial charge in [0.15, 0.2) is 9.84 Å². The highest BCUT2D eigenvalue weighted by atomic mass is 35.5. The SMILES string of the molecule is O=C(C=Cc1cccs1)N1CC(S(=O)(=O)c2ccc(Cl)cc2)C1. The number of benzene rings is 1. The molecule has 0 saturated carbocycles. The maximum absolute atomic E-state index is 12.4. The topological polar surface area (TPSA) is 54.5 Å². The van der Waals surface area contributed by atoms with Crippen LogP contribution >= 0.6 is 22.9 Å². The van der Waals surface area contributed by atoms with Crippen LogP contribution in [0, 0.1) is 0 Å². The Morgan fingerprint density at radius 3 is 2.52 bits per heavy atom. The molecule has 4 nitrogen and oxygen atoms in total. The van der Waals surface area contributed by atoms with E-state index in [2.05, 4.69) is 0 Å². The van der Waals surface area contributed by atoms with Crippen molar-refractivity contribution < 1.29 is 13.2 Å². The zero-order valence-electron chi connectivity index (χ0n) is 12.1. The first-order valence-electron chi connectivity index (χ1n) is 6.97. The molecule has 23 heavy (non-hydrogen) atoms. The van der Waals surface area contributed by atoms with Crippen LogP contribution in [0.3, 0.4) is 0 Å². The van der Waals surface area contributed by atoms with Gasteiger partial charge in [-0.1, -0.05) is 17.7 Å². The van der Waals surface area contributed by atoms with Crippen LogP contribution < -0.4 is 0 Å². The van der Waals surface area contributed by atoms with E-state index < -0.39 is 15.1 Å². The molecule has 0 unspecified atom stereocenters. The van der Waals surface area contributed by atoms with Crippen LogP contribution in [0.25, 0.3) is 6.08 Å². The molecule has 0 radical (unpaired) electrons. The molecular weight excluding hydrogens is 354 g/mol. The van der Waals surface area contributed by atoms with Crippen molar-refractivity contribution in [2.75, 3.05) is 13.1 Å². The smallest absolute Gasteiger partial charge is 0.246 e. The molecule has 1 aromatic heterocycles. The number of halogens is 1. The third-order valence-corrected chi connectivity index (χ3v) is 6.87. The Balaban J connectivity index is 1.62. The first-order chi connectivity index (χ1) is 11.0. The molecule has 7 heteroatoms. The van der Waals surface area contributed by atoms with Crippen molar-refractivity contribution in [1.82, 2.24) is 4.90 Å². The van der Waals surface area contributed by atoms with E-state index in [4.69, 9.17) is 11.6 Å². The fraction of sp³-hybridized carbons (Fsp3) is 0.188. The van der Waals surface area contributed by atoms with Gasteiger partial charge in [0.25, 0.3) is 0 Å². The Labute approximate surface area is 143 Å². The largest absolute Gasteiger partial charge is 0.336 e. The average molecular weight is 368 g/mol. The van der Waals surface area contributed by atoms with Crippen molar-refractivity contribution in [3.63, 3.8) is 0 Å². The van der Waals surface area contributed by atoms with Crippen molar-refractivity contribution in [3.05, 3.63) is 57.8 Å². The minimum atomic E-state index is -3.42. The number of hydrogen-bond acceptors (Lipinski definition) is 4. The summed E-state index contributed by atoms with van der Waals surface area (Å²) in [6.07, 6.45) is 3.23. The van der Waals surface area contributed by atoms with Crippen LogP contribution in [0.15, 0.2) is 52.7 Å². The van der Waals surface area contributed by atoms with Gasteiger partial charge in [0.2, 0.25) is 5.91 Å². The average Bonchev–Trinajstić information content (AvgIpc) is 2.97. The molecule has 0 aliphatic carbocycles. The number of carbonyl (C=O) groups is 1. The van der Waals surface area contributed by atoms with Gasteiger partial charge in [-0.05, 0) is 41.8 Å². The normalized spacial score (nSPS) is 15.8. The van der Waals surface area contributed by atoms with Gasteiger partial charge < -0.3 is 4.90 Å². The fourth-order valence-electron chi connectivity index (χ4n) is 2.28. The van der Waals surface area contributed by atoms with Gasteiger partial charge in [-0.2, -0.15) is 0 Å². The van der Waals surface area contributed by atoms with Crippen LogP contribution in [0.1, 0.15) is 4.88 Å². The number of amides is 1. The predicted octanol–water partition coefficient (Wildman–Crippen LogP) is 3.10. The van der Waals surface area contributed by atoms with Gasteiger partial charge in [0.05, 0.1) is 4.90 Å². The van der Waals surface area contributed by atoms with E-state index in [0.717, 1.165) is 4.88 Å². The summed E-state index contributed by atoms with van der Waals surface area (Å²) in [7, 11) is -3.42. The lowest BCUT2D eigenvalue weighted by atomic mass is 10.2. The monoisotopic (exact) mass is 367 g/mol. The standard InChI is InChI=1S/C16H14ClNO3S2/c17-12-3-6-14(7-4-12)23(20,21)15-10-18(11-15)16(19)8-5-13-2-1-9-22-13/h1-9,15H,10-11H2. The Hall–Kier alpha value is -1.63. The number of likely N-dealkylation sites (tertiary alicyclic amines) is 1. The number of carbonyl (C=O) groups excluding carboxylic acids is 1. The van der Waals surface area contributed by atoms with Crippen molar-refractivity contribution in [2.45, 2.75) is 10.1 Å². The molecule has 120 valence electrons. The zero-order chi connectivity index (χ0) is 16.4. The number of rotatable bonds is 4. The lowest BCUT2D eigenvalue weighted by molar-refractivity contribution is -0.128. The molecule has 3 rings (SSSR count). The summed E-state index contributed by atoms with van der Waals surface area (Å²) < 4.78 is 24.9. The van der Waals surface area contributed by atoms with E-state index >= 15 is 0 Å². The third kappa shape index (κ3) is 3.49. The Morgan fingerprint density at radius 1 is 1.22 bits per heavy atom. The van der Waals surface area contributed by atoms with Crippen molar-refractivity contribution in [2.24, 2.45) is 0 Å². The van der Waals surface area contributed by atoms with E-state index in [-0.39, 0.29) is 23.9 Å². The van der Waals surface area contributed by atoms with Crippen LogP contribution in [-0.4, -0.2) is 37.6 Å². The zero-order valence-corrected chi connectivity index (χ0v) is 14.4. The molecule has 2 aromatic rings. The van der Waals surface area contributed by atoms with Crippen LogP contribution in [0.5, 0.6) is 0 Å². The van der Waals surface area contributed by atoms with Gasteiger partial charge in [0, 0.05) is 29.1 Å². The second-order valence-electron chi connectivity index (χ2n) is 5.21. The van der Waals surface area contributed by atoms with Crippen LogP contribution in [0.4, 0.5) is 0 Å². The van der Waals surface area contributed by atoms with E-state index in [0.29, 0.717) is 5.02 Å². The second kappa shape index (κ2) is 6.47. The number of thiophene rings is 1. The maximum Gasteiger partial charge on any atom is 0.246 e. The highest BCUT2D eigenvalue weighted by Crippen LogP contribution is 2.25. The number of hydrogen-bond donors (Lipinski definition) is 0. The molecule has 1 aliphatic heterocycles. The summed E-state index contributed by atoms with van der Waals surface area (Å²) in [6.45, 7) is 0.442. The van der Waals surface area contributed by atoms with E-state index in [1.54, 1.807) is 29.5 Å². The van der Waals surface area contributed by atoms with Gasteiger partial charge >= 0.3 is 0 Å². The molecule has 1 saturated heterocycles. The molecule has 0 bridgehead atoms. The van der Waals surface area contributed by atoms with Gasteiger partial charge in [-0.3, -0.25) is 4.79 Å². The highest BCUT2D eigenvalue weighted by molar-refractivity contribution is 7.92. The van der Waals surface area contributed by atoms with Gasteiger partial charge in [-0.15, -0.1) is 11.3 Å². The highest BCUT2D eigenvalue weighted by Gasteiger charge is 2.39. The third-order valence-electron chi connectivity index (χ3n) is 3.67. The van der Waals surface area contributed by atoms with Crippen molar-refractivity contribution in [1.29, 1.82) is 0 Å². The minimum absolute atomic E-state index is 0.166. The molecule has 1 amide bonds. The van der Waals surface area contributed by atoms with E-state index in [9.17, 15) is 13.2 Å². The van der Waals surface area contributed by atoms with Gasteiger partial charge in [0.1, 0.15) is 5.25 Å². The summed E-state index contributed by atoms with van der Waals surface area (Å²) in [4.78, 5) is 14.8. The Bertz CT molecular complexity index is 821. The Kier molecular flexibility index (Phi) is 4.57. The van der Waals surface area contributed by atoms with Crippen molar-refractivity contribution >= 4 is 44.8 Å². The first kappa shape index (κ1) is 16.2. The second-order valence-corrected chi connectivity index (χ2v) is 8.86. The molecule has 1 aromatic carbocycles. The molecule has 0 atom stereocenters. The summed E-state index contributed by atoms with van der Waals surface area (Å²) in [5.74, 6) is -0.166. The molecule has 0 N–H and O–H groups in total. The first-order valence-corrected chi connectivity index (χ1v) is 9.77. The number of nitrogens with zero attached hydrogens (tertiary/aromatic N) is 1. The van der Waals surface area contributed by atoms with Crippen LogP contribution in [0.2, 0.25) is 5.02 Å². The summed E-state index contributed by atoms with van der Waals surface area (Å²) in [5.41, 5.74) is 0. The van der Waals surface area contributed by atoms with E-state index in [1.165, 1.54) is 23.1 Å². The lowest BCUT2D eigenvalue weighted by Crippen LogP contribution is -2.56. The lowest BCUT2D eigenvalue weighted by Gasteiger charge is -2.38. The number of sulfone groups is 1. The van der Waals surface area contributed by atoms with Crippen molar-refractivity contribution in [3.8, 4) is 0 Å².